The molecule has 1 atom stereocenters. The molecular weight excluding hydrogens is 395 g/mol. The molecule has 2 rings (SSSR count). The summed E-state index contributed by atoms with van der Waals surface area (Å²) in [6, 6.07) is 16.2. The van der Waals surface area contributed by atoms with Crippen LogP contribution in [0.5, 0.6) is 0 Å². The van der Waals surface area contributed by atoms with Crippen LogP contribution in [0, 0.1) is 6.92 Å². The van der Waals surface area contributed by atoms with Crippen molar-refractivity contribution in [3.8, 4) is 0 Å². The molecule has 0 aromatic heterocycles. The minimum atomic E-state index is -3.52. The van der Waals surface area contributed by atoms with E-state index in [1.165, 1.54) is 5.56 Å². The molecular formula is C24H37N2O3P. The van der Waals surface area contributed by atoms with Gasteiger partial charge in [0.15, 0.2) is 5.78 Å². The van der Waals surface area contributed by atoms with Crippen molar-refractivity contribution in [2.75, 3.05) is 23.3 Å². The van der Waals surface area contributed by atoms with Crippen LogP contribution in [0.1, 0.15) is 58.5 Å². The Bertz CT molecular complexity index is 801. The lowest BCUT2D eigenvalue weighted by Crippen LogP contribution is -2.22. The number of anilines is 2. The normalized spacial score (nSPS) is 13.0. The molecule has 1 unspecified atom stereocenters. The van der Waals surface area contributed by atoms with Gasteiger partial charge in [-0.05, 0) is 78.3 Å². The third-order valence-corrected chi connectivity index (χ3v) is 7.21. The Morgan fingerprint density at radius 1 is 0.867 bits per heavy atom. The second-order valence-corrected chi connectivity index (χ2v) is 10.0. The number of hydrogen-bond donors (Lipinski definition) is 1. The fourth-order valence-electron chi connectivity index (χ4n) is 3.34. The molecule has 5 nitrogen and oxygen atoms in total. The van der Waals surface area contributed by atoms with Crippen LogP contribution in [-0.4, -0.2) is 25.3 Å². The third-order valence-electron chi connectivity index (χ3n) is 4.72. The third kappa shape index (κ3) is 6.60. The zero-order valence-electron chi connectivity index (χ0n) is 19.4. The van der Waals surface area contributed by atoms with E-state index in [0.29, 0.717) is 0 Å². The first-order chi connectivity index (χ1) is 14.2. The zero-order valence-corrected chi connectivity index (χ0v) is 20.3. The molecule has 0 aliphatic heterocycles. The largest absolute Gasteiger partial charge is 0.372 e. The zero-order chi connectivity index (χ0) is 22.3. The van der Waals surface area contributed by atoms with Gasteiger partial charge in [0.05, 0.1) is 12.2 Å². The van der Waals surface area contributed by atoms with Gasteiger partial charge in [0.2, 0.25) is 0 Å². The monoisotopic (exact) mass is 432 g/mol. The quantitative estimate of drug-likeness (QED) is 0.388. The number of nitrogens with one attached hydrogen (secondary N) is 1. The van der Waals surface area contributed by atoms with Crippen molar-refractivity contribution < 1.29 is 13.6 Å². The first-order valence-electron chi connectivity index (χ1n) is 10.8. The summed E-state index contributed by atoms with van der Waals surface area (Å²) < 4.78 is 25.9. The van der Waals surface area contributed by atoms with E-state index >= 15 is 0 Å². The molecule has 0 bridgehead atoms. The van der Waals surface area contributed by atoms with Crippen molar-refractivity contribution in [3.05, 3.63) is 59.7 Å². The fraction of sp³-hybridized carbons (Fsp3) is 0.500. The second kappa shape index (κ2) is 11.0. The van der Waals surface area contributed by atoms with E-state index in [2.05, 4.69) is 36.2 Å². The summed E-state index contributed by atoms with van der Waals surface area (Å²) >= 11 is 0. The minimum Gasteiger partial charge on any atom is -0.372 e. The highest BCUT2D eigenvalue weighted by Gasteiger charge is 2.39. The molecule has 0 spiro atoms. The Morgan fingerprint density at radius 2 is 1.37 bits per heavy atom. The van der Waals surface area contributed by atoms with E-state index in [1.54, 1.807) is 0 Å². The number of aryl methyl sites for hydroxylation is 1. The lowest BCUT2D eigenvalue weighted by Gasteiger charge is -2.31. The molecule has 0 fully saturated rings. The van der Waals surface area contributed by atoms with E-state index in [0.717, 1.165) is 30.0 Å². The highest BCUT2D eigenvalue weighted by atomic mass is 31.2. The van der Waals surface area contributed by atoms with Gasteiger partial charge < -0.3 is 19.3 Å². The smallest absolute Gasteiger partial charge is 0.357 e. The average molecular weight is 433 g/mol. The molecule has 0 aliphatic carbocycles. The van der Waals surface area contributed by atoms with Gasteiger partial charge in [0.1, 0.15) is 0 Å². The van der Waals surface area contributed by atoms with Gasteiger partial charge >= 0.3 is 7.60 Å². The lowest BCUT2D eigenvalue weighted by atomic mass is 10.1. The maximum Gasteiger partial charge on any atom is 0.357 e. The molecule has 0 amide bonds. The van der Waals surface area contributed by atoms with E-state index < -0.39 is 13.4 Å². The van der Waals surface area contributed by atoms with Crippen LogP contribution >= 0.6 is 7.60 Å². The molecule has 2 aromatic carbocycles. The molecule has 0 radical (unpaired) electrons. The van der Waals surface area contributed by atoms with Crippen molar-refractivity contribution in [2.24, 2.45) is 0 Å². The maximum absolute atomic E-state index is 14.0. The first kappa shape index (κ1) is 24.5. The topological polar surface area (TPSA) is 50.8 Å². The van der Waals surface area contributed by atoms with Crippen molar-refractivity contribution in [2.45, 2.75) is 66.5 Å². The molecule has 1 N–H and O–H groups in total. The predicted molar refractivity (Wildman–Crippen MR) is 128 cm³/mol. The SMILES string of the molecule is CCN(CC)c1ccc(C(Nc2ccc(C)cc2)P(=O)(OC(C)C)OC(C)C)cc1. The van der Waals surface area contributed by atoms with Crippen LogP contribution < -0.4 is 10.2 Å². The van der Waals surface area contributed by atoms with Gasteiger partial charge in [-0.3, -0.25) is 4.57 Å². The summed E-state index contributed by atoms with van der Waals surface area (Å²) in [5.74, 6) is -0.615. The summed E-state index contributed by atoms with van der Waals surface area (Å²) in [5, 5.41) is 3.42. The molecule has 30 heavy (non-hydrogen) atoms. The van der Waals surface area contributed by atoms with E-state index in [1.807, 2.05) is 71.0 Å². The van der Waals surface area contributed by atoms with Crippen molar-refractivity contribution >= 4 is 19.0 Å². The summed E-state index contributed by atoms with van der Waals surface area (Å²) in [5.41, 5.74) is 4.05. The van der Waals surface area contributed by atoms with Crippen LogP contribution in [0.25, 0.3) is 0 Å². The van der Waals surface area contributed by atoms with Crippen LogP contribution in [-0.2, 0) is 13.6 Å². The number of rotatable bonds is 11. The summed E-state index contributed by atoms with van der Waals surface area (Å²) in [7, 11) is -3.52. The van der Waals surface area contributed by atoms with Crippen molar-refractivity contribution in [1.82, 2.24) is 0 Å². The summed E-state index contributed by atoms with van der Waals surface area (Å²) in [6.07, 6.45) is -0.460. The number of benzene rings is 2. The molecule has 0 aliphatic rings. The lowest BCUT2D eigenvalue weighted by molar-refractivity contribution is 0.138. The van der Waals surface area contributed by atoms with E-state index in [9.17, 15) is 4.57 Å². The van der Waals surface area contributed by atoms with Gasteiger partial charge in [-0.1, -0.05) is 29.8 Å². The second-order valence-electron chi connectivity index (χ2n) is 8.02. The molecule has 2 aromatic rings. The van der Waals surface area contributed by atoms with Gasteiger partial charge in [-0.15, -0.1) is 0 Å². The molecule has 0 saturated carbocycles. The molecule has 6 heteroatoms. The van der Waals surface area contributed by atoms with Crippen molar-refractivity contribution in [1.29, 1.82) is 0 Å². The van der Waals surface area contributed by atoms with E-state index in [4.69, 9.17) is 9.05 Å². The Morgan fingerprint density at radius 3 is 1.80 bits per heavy atom. The van der Waals surface area contributed by atoms with E-state index in [-0.39, 0.29) is 12.2 Å². The van der Waals surface area contributed by atoms with Gasteiger partial charge in [-0.25, -0.2) is 0 Å². The average Bonchev–Trinajstić information content (AvgIpc) is 2.68. The standard InChI is InChI=1S/C24H37N2O3P/c1-8-26(9-2)23-16-12-21(13-17-23)24(25-22-14-10-20(7)11-15-22)30(27,28-18(3)4)29-19(5)6/h10-19,24-25H,8-9H2,1-7H3. The molecule has 0 heterocycles. The maximum atomic E-state index is 14.0. The first-order valence-corrected chi connectivity index (χ1v) is 12.4. The Hall–Kier alpha value is -1.81. The van der Waals surface area contributed by atoms with Gasteiger partial charge in [0.25, 0.3) is 0 Å². The van der Waals surface area contributed by atoms with Crippen LogP contribution in [0.3, 0.4) is 0 Å². The van der Waals surface area contributed by atoms with Gasteiger partial charge in [0, 0.05) is 24.5 Å². The fourth-order valence-corrected chi connectivity index (χ4v) is 5.66. The summed E-state index contributed by atoms with van der Waals surface area (Å²) in [6.45, 7) is 15.7. The highest BCUT2D eigenvalue weighted by Crippen LogP contribution is 2.62. The van der Waals surface area contributed by atoms with Crippen LogP contribution in [0.2, 0.25) is 0 Å². The highest BCUT2D eigenvalue weighted by molar-refractivity contribution is 7.54. The molecule has 166 valence electrons. The molecule has 0 saturated heterocycles. The van der Waals surface area contributed by atoms with Crippen LogP contribution in [0.15, 0.2) is 48.5 Å². The Labute approximate surface area is 182 Å². The number of hydrogen-bond acceptors (Lipinski definition) is 5. The number of nitrogens with zero attached hydrogens (tertiary/aromatic N) is 1. The Balaban J connectivity index is 2.48. The van der Waals surface area contributed by atoms with Crippen LogP contribution in [0.4, 0.5) is 11.4 Å². The van der Waals surface area contributed by atoms with Gasteiger partial charge in [-0.2, -0.15) is 0 Å². The Kier molecular flexibility index (Phi) is 8.96. The summed E-state index contributed by atoms with van der Waals surface area (Å²) in [4.78, 5) is 2.28. The van der Waals surface area contributed by atoms with Crippen molar-refractivity contribution in [3.63, 3.8) is 0 Å². The predicted octanol–water partition coefficient (Wildman–Crippen LogP) is 7.00. The minimum absolute atomic E-state index is 0.230.